The zero-order valence-corrected chi connectivity index (χ0v) is 13.3. The number of amides is 2. The standard InChI is InChI=1S/C15H28N4O2/c1-13-5-3-4-6-19(13)15(21)12-17-7-9-18(10-8-17)14(20)11-16-2/h13,16H,3-12H2,1-2H3. The summed E-state index contributed by atoms with van der Waals surface area (Å²) in [6, 6.07) is 0.379. The number of hydrogen-bond donors (Lipinski definition) is 1. The third-order valence-electron chi connectivity index (χ3n) is 4.54. The molecule has 1 unspecified atom stereocenters. The van der Waals surface area contributed by atoms with Crippen molar-refractivity contribution in [2.45, 2.75) is 32.2 Å². The normalized spacial score (nSPS) is 24.2. The molecule has 2 rings (SSSR count). The molecule has 0 aromatic rings. The van der Waals surface area contributed by atoms with Crippen LogP contribution in [0.1, 0.15) is 26.2 Å². The van der Waals surface area contributed by atoms with Crippen LogP contribution in [0, 0.1) is 0 Å². The van der Waals surface area contributed by atoms with Gasteiger partial charge >= 0.3 is 0 Å². The monoisotopic (exact) mass is 296 g/mol. The van der Waals surface area contributed by atoms with Gasteiger partial charge in [0, 0.05) is 38.8 Å². The SMILES string of the molecule is CNCC(=O)N1CCN(CC(=O)N2CCCCC2C)CC1. The maximum atomic E-state index is 12.4. The molecule has 6 nitrogen and oxygen atoms in total. The summed E-state index contributed by atoms with van der Waals surface area (Å²) in [5.41, 5.74) is 0. The molecule has 6 heteroatoms. The molecule has 0 aromatic carbocycles. The number of hydrogen-bond acceptors (Lipinski definition) is 4. The van der Waals surface area contributed by atoms with Crippen molar-refractivity contribution in [3.05, 3.63) is 0 Å². The number of piperidine rings is 1. The predicted octanol–water partition coefficient (Wildman–Crippen LogP) is -0.249. The second kappa shape index (κ2) is 7.75. The second-order valence-corrected chi connectivity index (χ2v) is 6.12. The van der Waals surface area contributed by atoms with E-state index in [4.69, 9.17) is 0 Å². The second-order valence-electron chi connectivity index (χ2n) is 6.12. The Morgan fingerprint density at radius 1 is 1.05 bits per heavy atom. The molecule has 1 N–H and O–H groups in total. The van der Waals surface area contributed by atoms with E-state index in [1.165, 1.54) is 6.42 Å². The summed E-state index contributed by atoms with van der Waals surface area (Å²) >= 11 is 0. The fourth-order valence-electron chi connectivity index (χ4n) is 3.17. The summed E-state index contributed by atoms with van der Waals surface area (Å²) in [4.78, 5) is 30.3. The fourth-order valence-corrected chi connectivity index (χ4v) is 3.17. The molecule has 0 bridgehead atoms. The van der Waals surface area contributed by atoms with Gasteiger partial charge in [-0.2, -0.15) is 0 Å². The number of rotatable bonds is 4. The maximum absolute atomic E-state index is 12.4. The molecule has 0 aliphatic carbocycles. The Morgan fingerprint density at radius 2 is 1.76 bits per heavy atom. The van der Waals surface area contributed by atoms with E-state index >= 15 is 0 Å². The fraction of sp³-hybridized carbons (Fsp3) is 0.867. The summed E-state index contributed by atoms with van der Waals surface area (Å²) < 4.78 is 0. The molecule has 2 saturated heterocycles. The summed E-state index contributed by atoms with van der Waals surface area (Å²) in [6.07, 6.45) is 3.48. The Labute approximate surface area is 127 Å². The van der Waals surface area contributed by atoms with Crippen molar-refractivity contribution < 1.29 is 9.59 Å². The predicted molar refractivity (Wildman–Crippen MR) is 82.0 cm³/mol. The number of nitrogens with zero attached hydrogens (tertiary/aromatic N) is 3. The Bertz CT molecular complexity index is 367. The number of carbonyl (C=O) groups is 2. The number of likely N-dealkylation sites (tertiary alicyclic amines) is 1. The molecule has 0 radical (unpaired) electrons. The zero-order chi connectivity index (χ0) is 15.2. The van der Waals surface area contributed by atoms with Crippen molar-refractivity contribution in [1.29, 1.82) is 0 Å². The van der Waals surface area contributed by atoms with E-state index in [1.807, 2.05) is 9.80 Å². The van der Waals surface area contributed by atoms with Crippen LogP contribution in [0.25, 0.3) is 0 Å². The number of carbonyl (C=O) groups excluding carboxylic acids is 2. The van der Waals surface area contributed by atoms with Crippen LogP contribution in [-0.4, -0.2) is 85.4 Å². The van der Waals surface area contributed by atoms with Gasteiger partial charge in [-0.15, -0.1) is 0 Å². The molecule has 0 aromatic heterocycles. The Morgan fingerprint density at radius 3 is 2.38 bits per heavy atom. The lowest BCUT2D eigenvalue weighted by molar-refractivity contribution is -0.137. The van der Waals surface area contributed by atoms with Crippen LogP contribution in [0.15, 0.2) is 0 Å². The molecule has 0 spiro atoms. The average molecular weight is 296 g/mol. The van der Waals surface area contributed by atoms with Crippen LogP contribution in [0.5, 0.6) is 0 Å². The van der Waals surface area contributed by atoms with Gasteiger partial charge in [-0.3, -0.25) is 14.5 Å². The largest absolute Gasteiger partial charge is 0.339 e. The van der Waals surface area contributed by atoms with Crippen LogP contribution >= 0.6 is 0 Å². The summed E-state index contributed by atoms with van der Waals surface area (Å²) in [5, 5.41) is 2.89. The molecule has 2 aliphatic heterocycles. The van der Waals surface area contributed by atoms with Gasteiger partial charge in [0.1, 0.15) is 0 Å². The van der Waals surface area contributed by atoms with E-state index in [-0.39, 0.29) is 11.8 Å². The highest BCUT2D eigenvalue weighted by Crippen LogP contribution is 2.16. The molecule has 1 atom stereocenters. The minimum atomic E-state index is 0.146. The molecule has 0 saturated carbocycles. The highest BCUT2D eigenvalue weighted by Gasteiger charge is 2.27. The third kappa shape index (κ3) is 4.41. The average Bonchev–Trinajstić information content (AvgIpc) is 2.48. The number of nitrogens with one attached hydrogen (secondary N) is 1. The van der Waals surface area contributed by atoms with Crippen molar-refractivity contribution in [3.8, 4) is 0 Å². The Kier molecular flexibility index (Phi) is 5.99. The molecule has 21 heavy (non-hydrogen) atoms. The van der Waals surface area contributed by atoms with Gasteiger partial charge in [0.25, 0.3) is 0 Å². The molecular formula is C15H28N4O2. The van der Waals surface area contributed by atoms with Crippen molar-refractivity contribution >= 4 is 11.8 Å². The van der Waals surface area contributed by atoms with Gasteiger partial charge in [-0.25, -0.2) is 0 Å². The first-order valence-corrected chi connectivity index (χ1v) is 8.06. The lowest BCUT2D eigenvalue weighted by atomic mass is 10.0. The molecule has 2 fully saturated rings. The molecule has 2 aliphatic rings. The molecular weight excluding hydrogens is 268 g/mol. The maximum Gasteiger partial charge on any atom is 0.236 e. The van der Waals surface area contributed by atoms with Gasteiger partial charge in [-0.05, 0) is 33.2 Å². The van der Waals surface area contributed by atoms with Gasteiger partial charge in [0.05, 0.1) is 13.1 Å². The summed E-state index contributed by atoms with van der Waals surface area (Å²) in [5.74, 6) is 0.394. The molecule has 120 valence electrons. The van der Waals surface area contributed by atoms with Gasteiger partial charge in [0.15, 0.2) is 0 Å². The van der Waals surface area contributed by atoms with Crippen LogP contribution in [0.4, 0.5) is 0 Å². The van der Waals surface area contributed by atoms with E-state index in [1.54, 1.807) is 7.05 Å². The first-order valence-electron chi connectivity index (χ1n) is 8.06. The topological polar surface area (TPSA) is 55.9 Å². The van der Waals surface area contributed by atoms with E-state index in [2.05, 4.69) is 17.1 Å². The van der Waals surface area contributed by atoms with Crippen molar-refractivity contribution in [2.24, 2.45) is 0 Å². The van der Waals surface area contributed by atoms with Crippen LogP contribution in [0.3, 0.4) is 0 Å². The van der Waals surface area contributed by atoms with E-state index in [9.17, 15) is 9.59 Å². The molecule has 2 amide bonds. The van der Waals surface area contributed by atoms with Crippen molar-refractivity contribution in [2.75, 3.05) is 52.9 Å². The quantitative estimate of drug-likeness (QED) is 0.777. The minimum Gasteiger partial charge on any atom is -0.339 e. The zero-order valence-electron chi connectivity index (χ0n) is 13.3. The van der Waals surface area contributed by atoms with E-state index < -0.39 is 0 Å². The highest BCUT2D eigenvalue weighted by atomic mass is 16.2. The Hall–Kier alpha value is -1.14. The third-order valence-corrected chi connectivity index (χ3v) is 4.54. The number of piperazine rings is 1. The first-order chi connectivity index (χ1) is 10.1. The Balaban J connectivity index is 1.75. The van der Waals surface area contributed by atoms with Crippen molar-refractivity contribution in [3.63, 3.8) is 0 Å². The van der Waals surface area contributed by atoms with Gasteiger partial charge in [-0.1, -0.05) is 0 Å². The van der Waals surface area contributed by atoms with E-state index in [0.29, 0.717) is 19.1 Å². The van der Waals surface area contributed by atoms with Crippen molar-refractivity contribution in [1.82, 2.24) is 20.0 Å². The minimum absolute atomic E-state index is 0.146. The van der Waals surface area contributed by atoms with Gasteiger partial charge < -0.3 is 15.1 Å². The van der Waals surface area contributed by atoms with E-state index in [0.717, 1.165) is 45.6 Å². The van der Waals surface area contributed by atoms with Crippen LogP contribution < -0.4 is 5.32 Å². The molecule has 2 heterocycles. The van der Waals surface area contributed by atoms with Crippen LogP contribution in [-0.2, 0) is 9.59 Å². The smallest absolute Gasteiger partial charge is 0.236 e. The highest BCUT2D eigenvalue weighted by molar-refractivity contribution is 5.79. The summed E-state index contributed by atoms with van der Waals surface area (Å²) in [7, 11) is 1.78. The summed E-state index contributed by atoms with van der Waals surface area (Å²) in [6.45, 7) is 6.98. The van der Waals surface area contributed by atoms with Gasteiger partial charge in [0.2, 0.25) is 11.8 Å². The lowest BCUT2D eigenvalue weighted by Crippen LogP contribution is -2.54. The van der Waals surface area contributed by atoms with Crippen LogP contribution in [0.2, 0.25) is 0 Å². The first kappa shape index (κ1) is 16.2. The lowest BCUT2D eigenvalue weighted by Gasteiger charge is -2.38. The number of likely N-dealkylation sites (N-methyl/N-ethyl adjacent to an activating group) is 1.